The number of aromatic nitrogens is 2. The molecule has 1 heterocycles. The maximum absolute atomic E-state index is 13.1. The van der Waals surface area contributed by atoms with Gasteiger partial charge >= 0.3 is 0 Å². The van der Waals surface area contributed by atoms with Gasteiger partial charge in [-0.1, -0.05) is 16.8 Å². The molecule has 0 radical (unpaired) electrons. The third-order valence-electron chi connectivity index (χ3n) is 3.55. The van der Waals surface area contributed by atoms with Gasteiger partial charge in [-0.2, -0.15) is 4.98 Å². The molecule has 8 heteroatoms. The standard InChI is InChI=1S/C18H14ClF2N3O2/c19-13-3-1-12(2-4-13)18-23-17(26-24-18)6-5-16(25)22-10-11-7-14(20)9-15(21)8-11/h1-4,7-9H,5-6,10H2,(H,22,25). The number of amides is 1. The molecule has 1 amide bonds. The zero-order valence-electron chi connectivity index (χ0n) is 13.5. The second kappa shape index (κ2) is 8.05. The summed E-state index contributed by atoms with van der Waals surface area (Å²) in [6, 6.07) is 10.1. The fourth-order valence-electron chi connectivity index (χ4n) is 2.30. The highest BCUT2D eigenvalue weighted by Gasteiger charge is 2.11. The fourth-order valence-corrected chi connectivity index (χ4v) is 2.42. The van der Waals surface area contributed by atoms with E-state index in [4.69, 9.17) is 16.1 Å². The van der Waals surface area contributed by atoms with Gasteiger partial charge in [-0.3, -0.25) is 4.79 Å². The molecular weight excluding hydrogens is 364 g/mol. The Morgan fingerprint density at radius 3 is 2.50 bits per heavy atom. The zero-order chi connectivity index (χ0) is 18.5. The van der Waals surface area contributed by atoms with Crippen LogP contribution in [0.2, 0.25) is 5.02 Å². The van der Waals surface area contributed by atoms with Crippen molar-refractivity contribution in [2.24, 2.45) is 0 Å². The third kappa shape index (κ3) is 4.86. The van der Waals surface area contributed by atoms with Gasteiger partial charge < -0.3 is 9.84 Å². The van der Waals surface area contributed by atoms with Crippen LogP contribution in [0.15, 0.2) is 47.0 Å². The molecule has 0 bridgehead atoms. The van der Waals surface area contributed by atoms with Crippen LogP contribution in [0.25, 0.3) is 11.4 Å². The van der Waals surface area contributed by atoms with Crippen LogP contribution in [0.4, 0.5) is 8.78 Å². The molecule has 0 unspecified atom stereocenters. The Balaban J connectivity index is 1.51. The van der Waals surface area contributed by atoms with Gasteiger partial charge in [-0.25, -0.2) is 8.78 Å². The SMILES string of the molecule is O=C(CCc1nc(-c2ccc(Cl)cc2)no1)NCc1cc(F)cc(F)c1. The topological polar surface area (TPSA) is 68.0 Å². The monoisotopic (exact) mass is 377 g/mol. The van der Waals surface area contributed by atoms with E-state index < -0.39 is 11.6 Å². The average Bonchev–Trinajstić information content (AvgIpc) is 3.07. The van der Waals surface area contributed by atoms with Gasteiger partial charge in [0.1, 0.15) is 11.6 Å². The van der Waals surface area contributed by atoms with E-state index in [1.165, 1.54) is 12.1 Å². The largest absolute Gasteiger partial charge is 0.352 e. The number of rotatable bonds is 6. The van der Waals surface area contributed by atoms with Gasteiger partial charge in [0.05, 0.1) is 0 Å². The quantitative estimate of drug-likeness (QED) is 0.707. The van der Waals surface area contributed by atoms with Crippen molar-refractivity contribution in [2.75, 3.05) is 0 Å². The Kier molecular flexibility index (Phi) is 5.58. The summed E-state index contributed by atoms with van der Waals surface area (Å²) in [6.45, 7) is 0.0351. The van der Waals surface area contributed by atoms with E-state index in [9.17, 15) is 13.6 Å². The molecule has 0 aliphatic rings. The van der Waals surface area contributed by atoms with E-state index in [1.54, 1.807) is 24.3 Å². The van der Waals surface area contributed by atoms with E-state index in [0.29, 0.717) is 22.3 Å². The molecule has 2 aromatic carbocycles. The molecule has 1 aromatic heterocycles. The minimum atomic E-state index is -0.685. The van der Waals surface area contributed by atoms with Gasteiger partial charge in [-0.15, -0.1) is 0 Å². The van der Waals surface area contributed by atoms with Crippen molar-refractivity contribution in [2.45, 2.75) is 19.4 Å². The third-order valence-corrected chi connectivity index (χ3v) is 3.80. The molecule has 0 saturated carbocycles. The van der Waals surface area contributed by atoms with Crippen molar-refractivity contribution in [3.63, 3.8) is 0 Å². The van der Waals surface area contributed by atoms with Crippen LogP contribution in [0.3, 0.4) is 0 Å². The number of carbonyl (C=O) groups is 1. The van der Waals surface area contributed by atoms with Gasteiger partial charge in [0.2, 0.25) is 17.6 Å². The summed E-state index contributed by atoms with van der Waals surface area (Å²) in [7, 11) is 0. The Hall–Kier alpha value is -2.80. The molecule has 26 heavy (non-hydrogen) atoms. The van der Waals surface area contributed by atoms with Gasteiger partial charge in [0.15, 0.2) is 0 Å². The number of hydrogen-bond donors (Lipinski definition) is 1. The Morgan fingerprint density at radius 1 is 1.12 bits per heavy atom. The van der Waals surface area contributed by atoms with Crippen molar-refractivity contribution >= 4 is 17.5 Å². The number of carbonyl (C=O) groups excluding carboxylic acids is 1. The van der Waals surface area contributed by atoms with Crippen molar-refractivity contribution < 1.29 is 18.1 Å². The number of halogens is 3. The highest BCUT2D eigenvalue weighted by Crippen LogP contribution is 2.19. The van der Waals surface area contributed by atoms with Crippen LogP contribution in [-0.2, 0) is 17.8 Å². The van der Waals surface area contributed by atoms with Crippen molar-refractivity contribution in [3.8, 4) is 11.4 Å². The summed E-state index contributed by atoms with van der Waals surface area (Å²) in [6.07, 6.45) is 0.365. The van der Waals surface area contributed by atoms with Crippen LogP contribution in [0.1, 0.15) is 17.9 Å². The Labute approximate surface area is 153 Å². The van der Waals surface area contributed by atoms with Crippen LogP contribution in [-0.4, -0.2) is 16.0 Å². The molecule has 0 spiro atoms. The molecule has 0 aliphatic carbocycles. The summed E-state index contributed by atoms with van der Waals surface area (Å²) >= 11 is 5.83. The summed E-state index contributed by atoms with van der Waals surface area (Å²) in [5, 5.41) is 7.06. The van der Waals surface area contributed by atoms with Crippen LogP contribution < -0.4 is 5.32 Å². The molecule has 3 aromatic rings. The van der Waals surface area contributed by atoms with Crippen molar-refractivity contribution in [3.05, 3.63) is 70.6 Å². The molecule has 0 saturated heterocycles. The lowest BCUT2D eigenvalue weighted by Crippen LogP contribution is -2.23. The number of nitrogens with zero attached hydrogens (tertiary/aromatic N) is 2. The van der Waals surface area contributed by atoms with Crippen LogP contribution in [0.5, 0.6) is 0 Å². The van der Waals surface area contributed by atoms with E-state index in [-0.39, 0.29) is 25.3 Å². The number of nitrogens with one attached hydrogen (secondary N) is 1. The van der Waals surface area contributed by atoms with E-state index in [2.05, 4.69) is 15.5 Å². The second-order valence-corrected chi connectivity index (χ2v) is 6.01. The lowest BCUT2D eigenvalue weighted by atomic mass is 10.2. The van der Waals surface area contributed by atoms with E-state index in [0.717, 1.165) is 11.6 Å². The lowest BCUT2D eigenvalue weighted by molar-refractivity contribution is -0.121. The molecule has 5 nitrogen and oxygen atoms in total. The number of aryl methyl sites for hydroxylation is 1. The molecule has 0 aliphatic heterocycles. The second-order valence-electron chi connectivity index (χ2n) is 5.57. The lowest BCUT2D eigenvalue weighted by Gasteiger charge is -2.05. The fraction of sp³-hybridized carbons (Fsp3) is 0.167. The molecular formula is C18H14ClF2N3O2. The van der Waals surface area contributed by atoms with Crippen LogP contribution >= 0.6 is 11.6 Å². The molecule has 0 atom stereocenters. The van der Waals surface area contributed by atoms with Crippen molar-refractivity contribution in [1.29, 1.82) is 0 Å². The summed E-state index contributed by atoms with van der Waals surface area (Å²) < 4.78 is 31.3. The average molecular weight is 378 g/mol. The minimum absolute atomic E-state index is 0.0351. The van der Waals surface area contributed by atoms with Gasteiger partial charge in [0.25, 0.3) is 0 Å². The predicted octanol–water partition coefficient (Wildman–Crippen LogP) is 3.92. The van der Waals surface area contributed by atoms with Crippen LogP contribution in [0, 0.1) is 11.6 Å². The molecule has 1 N–H and O–H groups in total. The summed E-state index contributed by atoms with van der Waals surface area (Å²) in [5.41, 5.74) is 1.10. The first-order valence-electron chi connectivity index (χ1n) is 7.80. The number of benzene rings is 2. The number of hydrogen-bond acceptors (Lipinski definition) is 4. The van der Waals surface area contributed by atoms with Gasteiger partial charge in [0, 0.05) is 36.0 Å². The molecule has 3 rings (SSSR count). The first kappa shape index (κ1) is 18.0. The minimum Gasteiger partial charge on any atom is -0.352 e. The summed E-state index contributed by atoms with van der Waals surface area (Å²) in [5.74, 6) is -0.931. The molecule has 0 fully saturated rings. The molecule has 134 valence electrons. The van der Waals surface area contributed by atoms with Gasteiger partial charge in [-0.05, 0) is 42.0 Å². The Morgan fingerprint density at radius 2 is 1.81 bits per heavy atom. The van der Waals surface area contributed by atoms with E-state index >= 15 is 0 Å². The highest BCUT2D eigenvalue weighted by atomic mass is 35.5. The maximum atomic E-state index is 13.1. The first-order valence-corrected chi connectivity index (χ1v) is 8.17. The smallest absolute Gasteiger partial charge is 0.227 e. The predicted molar refractivity (Wildman–Crippen MR) is 91.3 cm³/mol. The maximum Gasteiger partial charge on any atom is 0.227 e. The van der Waals surface area contributed by atoms with Crippen molar-refractivity contribution in [1.82, 2.24) is 15.5 Å². The van der Waals surface area contributed by atoms with E-state index in [1.807, 2.05) is 0 Å². The highest BCUT2D eigenvalue weighted by molar-refractivity contribution is 6.30. The zero-order valence-corrected chi connectivity index (χ0v) is 14.3. The summed E-state index contributed by atoms with van der Waals surface area (Å²) in [4.78, 5) is 16.1. The Bertz CT molecular complexity index is 893. The normalized spacial score (nSPS) is 10.7. The first-order chi connectivity index (χ1) is 12.5.